The van der Waals surface area contributed by atoms with Crippen molar-refractivity contribution in [1.82, 2.24) is 24.3 Å². The minimum absolute atomic E-state index is 0.0155. The van der Waals surface area contributed by atoms with Gasteiger partial charge in [-0.25, -0.2) is 9.97 Å². The molecule has 0 atom stereocenters. The lowest BCUT2D eigenvalue weighted by Gasteiger charge is -2.43. The van der Waals surface area contributed by atoms with Crippen LogP contribution in [0.25, 0.3) is 11.2 Å². The van der Waals surface area contributed by atoms with E-state index in [0.29, 0.717) is 0 Å². The summed E-state index contributed by atoms with van der Waals surface area (Å²) < 4.78 is 10.4. The Kier molecular flexibility index (Phi) is 8.07. The molecule has 0 radical (unpaired) electrons. The second-order valence-electron chi connectivity index (χ2n) is 12.3. The Morgan fingerprint density at radius 1 is 0.951 bits per heavy atom. The molecule has 1 aliphatic heterocycles. The molecule has 6 rings (SSSR count). The van der Waals surface area contributed by atoms with E-state index in [2.05, 4.69) is 130 Å². The maximum absolute atomic E-state index is 7.14. The third kappa shape index (κ3) is 5.87. The van der Waals surface area contributed by atoms with Crippen molar-refractivity contribution in [2.24, 2.45) is 0 Å². The Bertz CT molecular complexity index is 1460. The molecule has 214 valence electrons. The Hall–Kier alpha value is -2.94. The molecule has 0 spiro atoms. The van der Waals surface area contributed by atoms with Gasteiger partial charge in [-0.15, -0.1) is 0 Å². The van der Waals surface area contributed by atoms with Gasteiger partial charge in [0.25, 0.3) is 8.32 Å². The number of rotatable bonds is 11. The van der Waals surface area contributed by atoms with Crippen LogP contribution < -0.4 is 10.4 Å². The van der Waals surface area contributed by atoms with E-state index in [4.69, 9.17) is 14.4 Å². The van der Waals surface area contributed by atoms with Crippen molar-refractivity contribution >= 4 is 45.8 Å². The normalized spacial score (nSPS) is 15.8. The number of halogens is 1. The summed E-state index contributed by atoms with van der Waals surface area (Å²) in [4.78, 5) is 14.6. The van der Waals surface area contributed by atoms with E-state index in [9.17, 15) is 0 Å². The molecule has 0 amide bonds. The molecule has 3 heterocycles. The van der Waals surface area contributed by atoms with Crippen LogP contribution in [0.15, 0.2) is 89.8 Å². The van der Waals surface area contributed by atoms with E-state index < -0.39 is 8.32 Å². The van der Waals surface area contributed by atoms with Gasteiger partial charge in [-0.05, 0) is 63.1 Å². The van der Waals surface area contributed by atoms with Crippen LogP contribution in [0.3, 0.4) is 0 Å². The molecular weight excluding hydrogens is 590 g/mol. The highest BCUT2D eigenvalue weighted by Gasteiger charge is 2.49. The second kappa shape index (κ2) is 11.7. The van der Waals surface area contributed by atoms with Crippen LogP contribution >= 0.6 is 15.9 Å². The van der Waals surface area contributed by atoms with Crippen molar-refractivity contribution in [3.8, 4) is 0 Å². The van der Waals surface area contributed by atoms with Crippen LogP contribution in [0.5, 0.6) is 0 Å². The molecule has 8 heteroatoms. The maximum atomic E-state index is 7.14. The van der Waals surface area contributed by atoms with E-state index in [0.717, 1.165) is 66.7 Å². The molecule has 1 fully saturated rings. The molecule has 0 bridgehead atoms. The number of nitrogens with zero attached hydrogens (tertiary/aromatic N) is 5. The average Bonchev–Trinajstić information content (AvgIpc) is 3.62. The van der Waals surface area contributed by atoms with Crippen molar-refractivity contribution in [2.45, 2.75) is 70.6 Å². The first kappa shape index (κ1) is 28.2. The zero-order valence-corrected chi connectivity index (χ0v) is 26.9. The number of hydrogen-bond donors (Lipinski definition) is 0. The topological polar surface area (TPSA) is 46.4 Å². The zero-order chi connectivity index (χ0) is 28.5. The minimum atomic E-state index is -2.52. The SMILES string of the molecule is CC(C)(C)[Si](OCCCCn1c(CN2C=CN(C3CC3)C2)nc2cc(Br)cnc21)(c1ccccc1)c1ccccc1. The smallest absolute Gasteiger partial charge is 0.261 e. The summed E-state index contributed by atoms with van der Waals surface area (Å²) in [5, 5.41) is 2.64. The number of imidazole rings is 1. The number of benzene rings is 2. The maximum Gasteiger partial charge on any atom is 0.261 e. The molecule has 1 aliphatic carbocycles. The third-order valence-corrected chi connectivity index (χ3v) is 13.8. The summed E-state index contributed by atoms with van der Waals surface area (Å²) in [6.07, 6.45) is 10.9. The van der Waals surface area contributed by atoms with E-state index in [1.807, 2.05) is 6.20 Å². The number of unbranched alkanes of at least 4 members (excludes halogenated alkanes) is 1. The van der Waals surface area contributed by atoms with Crippen LogP contribution in [-0.2, 0) is 17.5 Å². The van der Waals surface area contributed by atoms with Crippen LogP contribution in [-0.4, -0.2) is 52.0 Å². The number of pyridine rings is 1. The first-order chi connectivity index (χ1) is 19.8. The lowest BCUT2D eigenvalue weighted by atomic mass is 10.2. The third-order valence-electron chi connectivity index (χ3n) is 8.32. The van der Waals surface area contributed by atoms with E-state index in [-0.39, 0.29) is 5.04 Å². The summed E-state index contributed by atoms with van der Waals surface area (Å²) in [5.41, 5.74) is 1.90. The summed E-state index contributed by atoms with van der Waals surface area (Å²) in [6.45, 7) is 10.3. The van der Waals surface area contributed by atoms with Crippen molar-refractivity contribution in [1.29, 1.82) is 0 Å². The zero-order valence-electron chi connectivity index (χ0n) is 24.3. The van der Waals surface area contributed by atoms with Gasteiger partial charge in [0.15, 0.2) is 5.65 Å². The summed E-state index contributed by atoms with van der Waals surface area (Å²) in [6, 6.07) is 24.6. The Morgan fingerprint density at radius 3 is 2.27 bits per heavy atom. The average molecular weight is 631 g/mol. The molecule has 0 saturated heterocycles. The van der Waals surface area contributed by atoms with Crippen LogP contribution in [0.1, 0.15) is 52.3 Å². The van der Waals surface area contributed by atoms with E-state index in [1.54, 1.807) is 0 Å². The van der Waals surface area contributed by atoms with Gasteiger partial charge >= 0.3 is 0 Å². The molecule has 1 saturated carbocycles. The van der Waals surface area contributed by atoms with E-state index >= 15 is 0 Å². The van der Waals surface area contributed by atoms with Gasteiger partial charge in [-0.3, -0.25) is 0 Å². The largest absolute Gasteiger partial charge is 0.407 e. The molecule has 4 aromatic rings. The highest BCUT2D eigenvalue weighted by Crippen LogP contribution is 2.37. The van der Waals surface area contributed by atoms with Crippen molar-refractivity contribution in [2.75, 3.05) is 13.3 Å². The highest BCUT2D eigenvalue weighted by molar-refractivity contribution is 9.10. The molecule has 0 N–H and O–H groups in total. The predicted octanol–water partition coefficient (Wildman–Crippen LogP) is 6.26. The Morgan fingerprint density at radius 2 is 1.63 bits per heavy atom. The van der Waals surface area contributed by atoms with Crippen molar-refractivity contribution in [3.05, 3.63) is 95.6 Å². The van der Waals surface area contributed by atoms with Crippen LogP contribution in [0.4, 0.5) is 0 Å². The number of aromatic nitrogens is 3. The minimum Gasteiger partial charge on any atom is -0.407 e. The second-order valence-corrected chi connectivity index (χ2v) is 17.5. The monoisotopic (exact) mass is 629 g/mol. The predicted molar refractivity (Wildman–Crippen MR) is 172 cm³/mol. The van der Waals surface area contributed by atoms with Crippen LogP contribution in [0.2, 0.25) is 5.04 Å². The van der Waals surface area contributed by atoms with Gasteiger partial charge in [0, 0.05) is 42.3 Å². The van der Waals surface area contributed by atoms with E-state index in [1.165, 1.54) is 23.2 Å². The first-order valence-corrected chi connectivity index (χ1v) is 17.5. The lowest BCUT2D eigenvalue weighted by Crippen LogP contribution is -2.66. The number of aryl methyl sites for hydroxylation is 1. The molecule has 2 aliphatic rings. The standard InChI is InChI=1S/C33H40BrN5OSi/c1-33(2,3)41(28-12-6-4-7-13-28,29-14-8-5-9-15-29)40-21-11-10-18-39-31(36-30-22-26(34)23-35-32(30)39)24-37-19-20-38(25-37)27-16-17-27/h4-9,12-15,19-20,22-23,27H,10-11,16-18,21,24-25H2,1-3H3. The van der Waals surface area contributed by atoms with Gasteiger partial charge in [-0.1, -0.05) is 81.4 Å². The first-order valence-electron chi connectivity index (χ1n) is 14.8. The van der Waals surface area contributed by atoms with Gasteiger partial charge < -0.3 is 18.8 Å². The quantitative estimate of drug-likeness (QED) is 0.145. The summed E-state index contributed by atoms with van der Waals surface area (Å²) in [5.74, 6) is 1.07. The van der Waals surface area contributed by atoms with Crippen molar-refractivity contribution < 1.29 is 4.43 Å². The summed E-state index contributed by atoms with van der Waals surface area (Å²) >= 11 is 3.58. The molecule has 0 unspecified atom stereocenters. The highest BCUT2D eigenvalue weighted by atomic mass is 79.9. The van der Waals surface area contributed by atoms with Gasteiger partial charge in [0.1, 0.15) is 11.3 Å². The fourth-order valence-corrected chi connectivity index (χ4v) is 11.1. The molecule has 2 aromatic carbocycles. The van der Waals surface area contributed by atoms with Crippen LogP contribution in [0, 0.1) is 0 Å². The Labute approximate surface area is 253 Å². The Balaban J connectivity index is 1.18. The molecule has 6 nitrogen and oxygen atoms in total. The van der Waals surface area contributed by atoms with Gasteiger partial charge in [0.05, 0.1) is 13.2 Å². The van der Waals surface area contributed by atoms with Crippen molar-refractivity contribution in [3.63, 3.8) is 0 Å². The number of hydrogen-bond acceptors (Lipinski definition) is 5. The molecule has 2 aromatic heterocycles. The number of fused-ring (bicyclic) bond motifs is 1. The summed E-state index contributed by atoms with van der Waals surface area (Å²) in [7, 11) is -2.52. The molecule has 41 heavy (non-hydrogen) atoms. The fraction of sp³-hybridized carbons (Fsp3) is 0.394. The fourth-order valence-electron chi connectivity index (χ4n) is 6.16. The molecular formula is C33H40BrN5OSi. The van der Waals surface area contributed by atoms with Gasteiger partial charge in [0.2, 0.25) is 0 Å². The van der Waals surface area contributed by atoms with Gasteiger partial charge in [-0.2, -0.15) is 0 Å². The lowest BCUT2D eigenvalue weighted by molar-refractivity contribution is 0.247.